The van der Waals surface area contributed by atoms with Crippen LogP contribution < -0.4 is 10.5 Å². The first-order chi connectivity index (χ1) is 9.06. The summed E-state index contributed by atoms with van der Waals surface area (Å²) in [5, 5.41) is 0. The van der Waals surface area contributed by atoms with Crippen LogP contribution in [0.15, 0.2) is 12.1 Å². The average molecular weight is 267 g/mol. The summed E-state index contributed by atoms with van der Waals surface area (Å²) in [6, 6.07) is 3.03. The molecule has 1 atom stereocenters. The second-order valence-electron chi connectivity index (χ2n) is 5.19. The molecule has 108 valence electrons. The van der Waals surface area contributed by atoms with E-state index >= 15 is 0 Å². The van der Waals surface area contributed by atoms with E-state index in [-0.39, 0.29) is 11.9 Å². The lowest BCUT2D eigenvalue weighted by molar-refractivity contribution is 0.299. The Morgan fingerprint density at radius 2 is 1.89 bits per heavy atom. The van der Waals surface area contributed by atoms with Gasteiger partial charge in [0.1, 0.15) is 11.6 Å². The normalized spacial score (nSPS) is 12.5. The lowest BCUT2D eigenvalue weighted by atomic mass is 10.1. The van der Waals surface area contributed by atoms with Gasteiger partial charge in [-0.1, -0.05) is 32.6 Å². The zero-order chi connectivity index (χ0) is 14.3. The molecule has 0 aliphatic rings. The molecule has 0 saturated carbocycles. The lowest BCUT2D eigenvalue weighted by Gasteiger charge is -2.15. The monoisotopic (exact) mass is 267 g/mol. The maximum absolute atomic E-state index is 13.5. The van der Waals surface area contributed by atoms with Gasteiger partial charge < -0.3 is 10.5 Å². The Morgan fingerprint density at radius 1 is 1.21 bits per heavy atom. The Labute approximate surface area is 116 Å². The van der Waals surface area contributed by atoms with E-state index in [0.717, 1.165) is 17.7 Å². The Kier molecular flexibility index (Phi) is 6.85. The third kappa shape index (κ3) is 5.19. The van der Waals surface area contributed by atoms with Gasteiger partial charge in [-0.25, -0.2) is 4.39 Å². The zero-order valence-electron chi connectivity index (χ0n) is 12.3. The predicted molar refractivity (Wildman–Crippen MR) is 78.0 cm³/mol. The summed E-state index contributed by atoms with van der Waals surface area (Å²) >= 11 is 0. The van der Waals surface area contributed by atoms with Crippen LogP contribution in [-0.4, -0.2) is 6.61 Å². The van der Waals surface area contributed by atoms with Gasteiger partial charge in [0.15, 0.2) is 0 Å². The Morgan fingerprint density at radius 3 is 2.53 bits per heavy atom. The summed E-state index contributed by atoms with van der Waals surface area (Å²) in [6.45, 7) is 6.47. The van der Waals surface area contributed by atoms with Crippen LogP contribution in [0.4, 0.5) is 4.39 Å². The fraction of sp³-hybridized carbons (Fsp3) is 0.625. The van der Waals surface area contributed by atoms with Crippen molar-refractivity contribution in [1.82, 2.24) is 0 Å². The number of hydrogen-bond donors (Lipinski definition) is 1. The van der Waals surface area contributed by atoms with Crippen molar-refractivity contribution in [1.29, 1.82) is 0 Å². The Hall–Kier alpha value is -1.09. The fourth-order valence-electron chi connectivity index (χ4n) is 2.04. The summed E-state index contributed by atoms with van der Waals surface area (Å²) in [5.74, 6) is 0.506. The number of benzene rings is 1. The van der Waals surface area contributed by atoms with E-state index in [0.29, 0.717) is 12.2 Å². The third-order valence-corrected chi connectivity index (χ3v) is 3.29. The van der Waals surface area contributed by atoms with E-state index in [1.165, 1.54) is 31.7 Å². The molecule has 2 N–H and O–H groups in total. The maximum Gasteiger partial charge on any atom is 0.126 e. The molecule has 0 radical (unpaired) electrons. The molecule has 0 saturated heterocycles. The van der Waals surface area contributed by atoms with Gasteiger partial charge in [-0.2, -0.15) is 0 Å². The smallest absolute Gasteiger partial charge is 0.126 e. The topological polar surface area (TPSA) is 35.2 Å². The minimum Gasteiger partial charge on any atom is -0.493 e. The number of rotatable bonds is 8. The van der Waals surface area contributed by atoms with Crippen molar-refractivity contribution >= 4 is 0 Å². The molecule has 0 fully saturated rings. The molecule has 0 aliphatic carbocycles. The highest BCUT2D eigenvalue weighted by Gasteiger charge is 2.11. The Balaban J connectivity index is 2.54. The second kappa shape index (κ2) is 8.16. The van der Waals surface area contributed by atoms with Gasteiger partial charge >= 0.3 is 0 Å². The molecule has 0 amide bonds. The fourth-order valence-corrected chi connectivity index (χ4v) is 2.04. The SMILES string of the molecule is CCCCCCCOc1cc(C)c(F)cc1[C@H](C)N. The molecule has 0 spiro atoms. The van der Waals surface area contributed by atoms with E-state index in [2.05, 4.69) is 6.92 Å². The van der Waals surface area contributed by atoms with Gasteiger partial charge in [-0.05, 0) is 38.0 Å². The van der Waals surface area contributed by atoms with Gasteiger partial charge in [0.25, 0.3) is 0 Å². The largest absolute Gasteiger partial charge is 0.493 e. The molecule has 2 nitrogen and oxygen atoms in total. The van der Waals surface area contributed by atoms with Crippen LogP contribution in [0.25, 0.3) is 0 Å². The van der Waals surface area contributed by atoms with Crippen molar-refractivity contribution in [2.45, 2.75) is 58.9 Å². The van der Waals surface area contributed by atoms with Crippen molar-refractivity contribution in [3.05, 3.63) is 29.1 Å². The molecule has 1 rings (SSSR count). The van der Waals surface area contributed by atoms with E-state index in [1.54, 1.807) is 13.0 Å². The third-order valence-electron chi connectivity index (χ3n) is 3.29. The van der Waals surface area contributed by atoms with Crippen LogP contribution in [-0.2, 0) is 0 Å². The van der Waals surface area contributed by atoms with Crippen molar-refractivity contribution < 1.29 is 9.13 Å². The number of ether oxygens (including phenoxy) is 1. The minimum absolute atomic E-state index is 0.217. The summed E-state index contributed by atoms with van der Waals surface area (Å²) in [7, 11) is 0. The number of aryl methyl sites for hydroxylation is 1. The minimum atomic E-state index is -0.220. The molecule has 0 bridgehead atoms. The highest BCUT2D eigenvalue weighted by molar-refractivity contribution is 5.39. The lowest BCUT2D eigenvalue weighted by Crippen LogP contribution is -2.10. The van der Waals surface area contributed by atoms with Crippen LogP contribution in [0.3, 0.4) is 0 Å². The van der Waals surface area contributed by atoms with Crippen molar-refractivity contribution in [3.63, 3.8) is 0 Å². The number of unbranched alkanes of at least 4 members (excludes halogenated alkanes) is 4. The quantitative estimate of drug-likeness (QED) is 0.704. The van der Waals surface area contributed by atoms with Crippen molar-refractivity contribution in [3.8, 4) is 5.75 Å². The van der Waals surface area contributed by atoms with E-state index < -0.39 is 0 Å². The van der Waals surface area contributed by atoms with Crippen LogP contribution in [0.2, 0.25) is 0 Å². The first kappa shape index (κ1) is 16.0. The van der Waals surface area contributed by atoms with Crippen LogP contribution in [0, 0.1) is 12.7 Å². The summed E-state index contributed by atoms with van der Waals surface area (Å²) < 4.78 is 19.3. The van der Waals surface area contributed by atoms with Gasteiger partial charge in [0.2, 0.25) is 0 Å². The Bertz CT molecular complexity index is 391. The van der Waals surface area contributed by atoms with Crippen LogP contribution >= 0.6 is 0 Å². The highest BCUT2D eigenvalue weighted by atomic mass is 19.1. The molecule has 0 heterocycles. The molecular formula is C16H26FNO. The molecular weight excluding hydrogens is 241 g/mol. The highest BCUT2D eigenvalue weighted by Crippen LogP contribution is 2.27. The molecule has 0 aromatic heterocycles. The molecule has 1 aromatic rings. The van der Waals surface area contributed by atoms with E-state index in [9.17, 15) is 4.39 Å². The molecule has 19 heavy (non-hydrogen) atoms. The molecule has 3 heteroatoms. The molecule has 0 unspecified atom stereocenters. The van der Waals surface area contributed by atoms with Crippen LogP contribution in [0.5, 0.6) is 5.75 Å². The van der Waals surface area contributed by atoms with Crippen molar-refractivity contribution in [2.24, 2.45) is 5.73 Å². The maximum atomic E-state index is 13.5. The van der Waals surface area contributed by atoms with Gasteiger partial charge in [-0.3, -0.25) is 0 Å². The van der Waals surface area contributed by atoms with E-state index in [4.69, 9.17) is 10.5 Å². The summed E-state index contributed by atoms with van der Waals surface area (Å²) in [6.07, 6.45) is 5.99. The molecule has 1 aromatic carbocycles. The predicted octanol–water partition coefficient (Wildman–Crippen LogP) is 4.50. The van der Waals surface area contributed by atoms with Crippen molar-refractivity contribution in [2.75, 3.05) is 6.61 Å². The standard InChI is InChI=1S/C16H26FNO/c1-4-5-6-7-8-9-19-16-10-12(2)15(17)11-14(16)13(3)18/h10-11,13H,4-9,18H2,1-3H3/t13-/m0/s1. The molecule has 0 aliphatic heterocycles. The number of hydrogen-bond acceptors (Lipinski definition) is 2. The van der Waals surface area contributed by atoms with Gasteiger partial charge in [0, 0.05) is 11.6 Å². The summed E-state index contributed by atoms with van der Waals surface area (Å²) in [5.41, 5.74) is 7.21. The summed E-state index contributed by atoms with van der Waals surface area (Å²) in [4.78, 5) is 0. The van der Waals surface area contributed by atoms with E-state index in [1.807, 2.05) is 6.92 Å². The van der Waals surface area contributed by atoms with Crippen LogP contribution in [0.1, 0.15) is 63.1 Å². The average Bonchev–Trinajstić information content (AvgIpc) is 2.37. The second-order valence-corrected chi connectivity index (χ2v) is 5.19. The first-order valence-corrected chi connectivity index (χ1v) is 7.24. The zero-order valence-corrected chi connectivity index (χ0v) is 12.3. The first-order valence-electron chi connectivity index (χ1n) is 7.24. The van der Waals surface area contributed by atoms with Gasteiger partial charge in [-0.15, -0.1) is 0 Å². The number of nitrogens with two attached hydrogens (primary N) is 1. The van der Waals surface area contributed by atoms with Gasteiger partial charge in [0.05, 0.1) is 6.61 Å². The number of halogens is 1.